The monoisotopic (exact) mass is 224 g/mol. The first kappa shape index (κ1) is 12.4. The third kappa shape index (κ3) is 2.49. The fourth-order valence-corrected chi connectivity index (χ4v) is 1.72. The van der Waals surface area contributed by atoms with E-state index in [0.29, 0.717) is 18.5 Å². The first-order valence-electron chi connectivity index (χ1n) is 5.06. The lowest BCUT2D eigenvalue weighted by Gasteiger charge is -2.24. The van der Waals surface area contributed by atoms with Gasteiger partial charge in [-0.2, -0.15) is 0 Å². The van der Waals surface area contributed by atoms with Crippen molar-refractivity contribution in [2.75, 3.05) is 6.54 Å². The van der Waals surface area contributed by atoms with Gasteiger partial charge in [-0.25, -0.2) is 0 Å². The second-order valence-corrected chi connectivity index (χ2v) is 4.38. The van der Waals surface area contributed by atoms with Gasteiger partial charge in [0.15, 0.2) is 0 Å². The lowest BCUT2D eigenvalue weighted by Crippen LogP contribution is -2.22. The van der Waals surface area contributed by atoms with E-state index in [2.05, 4.69) is 0 Å². The van der Waals surface area contributed by atoms with Gasteiger partial charge in [0.05, 0.1) is 4.92 Å². The Labute approximate surface area is 94.0 Å². The number of hydrogen-bond acceptors (Lipinski definition) is 4. The standard InChI is InChI=1S/C11H16N2O3/c1-11(2,5-6-12)9-7-8(14)3-4-10(9)13(15)16/h3-4,7,14H,5-6,12H2,1-2H3. The molecule has 3 N–H and O–H groups in total. The maximum Gasteiger partial charge on any atom is 0.273 e. The van der Waals surface area contributed by atoms with Crippen LogP contribution in [0.5, 0.6) is 5.75 Å². The number of nitrogens with zero attached hydrogens (tertiary/aromatic N) is 1. The van der Waals surface area contributed by atoms with Crippen LogP contribution in [-0.2, 0) is 5.41 Å². The summed E-state index contributed by atoms with van der Waals surface area (Å²) in [4.78, 5) is 10.4. The van der Waals surface area contributed by atoms with Gasteiger partial charge in [-0.3, -0.25) is 10.1 Å². The molecular formula is C11H16N2O3. The molecule has 88 valence electrons. The molecular weight excluding hydrogens is 208 g/mol. The Balaban J connectivity index is 3.29. The molecule has 0 amide bonds. The molecule has 0 saturated heterocycles. The molecule has 1 aromatic rings. The van der Waals surface area contributed by atoms with Crippen LogP contribution in [-0.4, -0.2) is 16.6 Å². The van der Waals surface area contributed by atoms with Crippen LogP contribution in [0.2, 0.25) is 0 Å². The maximum absolute atomic E-state index is 10.9. The van der Waals surface area contributed by atoms with Gasteiger partial charge in [0.25, 0.3) is 5.69 Å². The molecule has 0 fully saturated rings. The molecule has 0 atom stereocenters. The van der Waals surface area contributed by atoms with E-state index in [1.807, 2.05) is 13.8 Å². The molecule has 5 nitrogen and oxygen atoms in total. The summed E-state index contributed by atoms with van der Waals surface area (Å²) in [6.45, 7) is 4.20. The van der Waals surface area contributed by atoms with Crippen molar-refractivity contribution in [2.45, 2.75) is 25.7 Å². The van der Waals surface area contributed by atoms with Crippen LogP contribution in [0, 0.1) is 10.1 Å². The van der Waals surface area contributed by atoms with Crippen LogP contribution in [0.15, 0.2) is 18.2 Å². The summed E-state index contributed by atoms with van der Waals surface area (Å²) in [6.07, 6.45) is 0.622. The average molecular weight is 224 g/mol. The molecule has 0 heterocycles. The molecule has 0 aliphatic carbocycles. The van der Waals surface area contributed by atoms with E-state index in [1.54, 1.807) is 0 Å². The Hall–Kier alpha value is -1.62. The number of nitro groups is 1. The van der Waals surface area contributed by atoms with E-state index in [-0.39, 0.29) is 11.4 Å². The topological polar surface area (TPSA) is 89.4 Å². The van der Waals surface area contributed by atoms with Gasteiger partial charge in [-0.15, -0.1) is 0 Å². The Morgan fingerprint density at radius 3 is 2.62 bits per heavy atom. The van der Waals surface area contributed by atoms with Gasteiger partial charge < -0.3 is 10.8 Å². The van der Waals surface area contributed by atoms with Crippen molar-refractivity contribution in [1.82, 2.24) is 0 Å². The number of phenolic OH excluding ortho intramolecular Hbond substituents is 1. The van der Waals surface area contributed by atoms with Crippen molar-refractivity contribution in [2.24, 2.45) is 5.73 Å². The number of aromatic hydroxyl groups is 1. The molecule has 0 radical (unpaired) electrons. The van der Waals surface area contributed by atoms with Crippen LogP contribution in [0.1, 0.15) is 25.8 Å². The summed E-state index contributed by atoms with van der Waals surface area (Å²) in [6, 6.07) is 4.08. The SMILES string of the molecule is CC(C)(CCN)c1cc(O)ccc1[N+](=O)[O-]. The van der Waals surface area contributed by atoms with Crippen molar-refractivity contribution in [3.8, 4) is 5.75 Å². The molecule has 16 heavy (non-hydrogen) atoms. The Morgan fingerprint density at radius 1 is 1.50 bits per heavy atom. The summed E-state index contributed by atoms with van der Waals surface area (Å²) in [5.74, 6) is 0.0331. The fourth-order valence-electron chi connectivity index (χ4n) is 1.72. The number of nitrogens with two attached hydrogens (primary N) is 1. The zero-order valence-electron chi connectivity index (χ0n) is 9.43. The highest BCUT2D eigenvalue weighted by Crippen LogP contribution is 2.35. The number of phenols is 1. The smallest absolute Gasteiger partial charge is 0.273 e. The molecule has 0 unspecified atom stereocenters. The van der Waals surface area contributed by atoms with E-state index in [1.165, 1.54) is 18.2 Å². The minimum absolute atomic E-state index is 0.0243. The van der Waals surface area contributed by atoms with Crippen LogP contribution >= 0.6 is 0 Å². The summed E-state index contributed by atoms with van der Waals surface area (Å²) in [5, 5.41) is 20.3. The van der Waals surface area contributed by atoms with Gasteiger partial charge in [-0.1, -0.05) is 13.8 Å². The fraction of sp³-hybridized carbons (Fsp3) is 0.455. The lowest BCUT2D eigenvalue weighted by molar-refractivity contribution is -0.386. The minimum atomic E-state index is -0.437. The molecule has 0 aliphatic heterocycles. The third-order valence-electron chi connectivity index (χ3n) is 2.68. The minimum Gasteiger partial charge on any atom is -0.508 e. The highest BCUT2D eigenvalue weighted by atomic mass is 16.6. The van der Waals surface area contributed by atoms with Gasteiger partial charge in [-0.05, 0) is 30.5 Å². The van der Waals surface area contributed by atoms with Gasteiger partial charge in [0.2, 0.25) is 0 Å². The summed E-state index contributed by atoms with van der Waals surface area (Å²) in [7, 11) is 0. The second kappa shape index (κ2) is 4.49. The number of benzene rings is 1. The summed E-state index contributed by atoms with van der Waals surface area (Å²) in [5.41, 5.74) is 5.60. The Bertz CT molecular complexity index is 402. The number of nitro benzene ring substituents is 1. The zero-order chi connectivity index (χ0) is 12.3. The molecule has 5 heteroatoms. The highest BCUT2D eigenvalue weighted by molar-refractivity contribution is 5.48. The van der Waals surface area contributed by atoms with Crippen molar-refractivity contribution in [3.05, 3.63) is 33.9 Å². The van der Waals surface area contributed by atoms with Crippen molar-refractivity contribution in [3.63, 3.8) is 0 Å². The largest absolute Gasteiger partial charge is 0.508 e. The summed E-state index contributed by atoms with van der Waals surface area (Å²) >= 11 is 0. The first-order valence-corrected chi connectivity index (χ1v) is 5.06. The molecule has 0 saturated carbocycles. The van der Waals surface area contributed by atoms with Gasteiger partial charge >= 0.3 is 0 Å². The van der Waals surface area contributed by atoms with E-state index in [9.17, 15) is 15.2 Å². The molecule has 0 aliphatic rings. The molecule has 0 bridgehead atoms. The maximum atomic E-state index is 10.9. The zero-order valence-corrected chi connectivity index (χ0v) is 9.43. The Kier molecular flexibility index (Phi) is 3.49. The summed E-state index contributed by atoms with van der Waals surface area (Å²) < 4.78 is 0. The van der Waals surface area contributed by atoms with Crippen molar-refractivity contribution in [1.29, 1.82) is 0 Å². The van der Waals surface area contributed by atoms with Crippen LogP contribution in [0.4, 0.5) is 5.69 Å². The third-order valence-corrected chi connectivity index (χ3v) is 2.68. The predicted octanol–water partition coefficient (Wildman–Crippen LogP) is 1.93. The first-order chi connectivity index (χ1) is 7.38. The van der Waals surface area contributed by atoms with Crippen LogP contribution < -0.4 is 5.73 Å². The van der Waals surface area contributed by atoms with Crippen LogP contribution in [0.25, 0.3) is 0 Å². The molecule has 0 aromatic heterocycles. The Morgan fingerprint density at radius 2 is 2.12 bits per heavy atom. The average Bonchev–Trinajstić information content (AvgIpc) is 2.17. The quantitative estimate of drug-likeness (QED) is 0.604. The molecule has 1 aromatic carbocycles. The van der Waals surface area contributed by atoms with Crippen molar-refractivity contribution < 1.29 is 10.0 Å². The lowest BCUT2D eigenvalue weighted by atomic mass is 9.80. The predicted molar refractivity (Wildman–Crippen MR) is 61.5 cm³/mol. The number of hydrogen-bond donors (Lipinski definition) is 2. The molecule has 1 rings (SSSR count). The van der Waals surface area contributed by atoms with Gasteiger partial charge in [0.1, 0.15) is 5.75 Å². The number of rotatable bonds is 4. The van der Waals surface area contributed by atoms with Gasteiger partial charge in [0, 0.05) is 11.6 Å². The van der Waals surface area contributed by atoms with E-state index in [4.69, 9.17) is 5.73 Å². The van der Waals surface area contributed by atoms with E-state index >= 15 is 0 Å². The van der Waals surface area contributed by atoms with E-state index < -0.39 is 10.3 Å². The normalized spacial score (nSPS) is 11.4. The molecule has 0 spiro atoms. The van der Waals surface area contributed by atoms with Crippen molar-refractivity contribution >= 4 is 5.69 Å². The van der Waals surface area contributed by atoms with E-state index in [0.717, 1.165) is 0 Å². The van der Waals surface area contributed by atoms with Crippen LogP contribution in [0.3, 0.4) is 0 Å². The highest BCUT2D eigenvalue weighted by Gasteiger charge is 2.28. The second-order valence-electron chi connectivity index (χ2n) is 4.38.